The number of H-pyrrole nitrogens is 1. The average Bonchev–Trinajstić information content (AvgIpc) is 3.30. The standard InChI is InChI=1S/C19H19N3O4/c1-22(11-17-25-8-9-26-17)19(24)12-6-7-14-15(10-12)21-18(20-14)13-4-2-3-5-16(13)23/h2-7,10,17,23H,8-9,11H2,1H3,(H,20,21). The molecule has 7 heteroatoms. The summed E-state index contributed by atoms with van der Waals surface area (Å²) in [6.45, 7) is 1.49. The minimum absolute atomic E-state index is 0.121. The van der Waals surface area contributed by atoms with E-state index in [4.69, 9.17) is 9.47 Å². The highest BCUT2D eigenvalue weighted by atomic mass is 16.7. The third-order valence-electron chi connectivity index (χ3n) is 4.35. The molecule has 0 saturated carbocycles. The number of phenols is 1. The Bertz CT molecular complexity index is 947. The Morgan fingerprint density at radius 1 is 1.27 bits per heavy atom. The number of aromatic amines is 1. The van der Waals surface area contributed by atoms with Crippen LogP contribution in [0.2, 0.25) is 0 Å². The Labute approximate surface area is 150 Å². The number of aromatic nitrogens is 2. The zero-order chi connectivity index (χ0) is 18.1. The molecule has 1 aliphatic rings. The number of nitrogens with one attached hydrogen (secondary N) is 1. The Kier molecular flexibility index (Phi) is 4.32. The number of ether oxygens (including phenoxy) is 2. The molecule has 26 heavy (non-hydrogen) atoms. The molecule has 4 rings (SSSR count). The monoisotopic (exact) mass is 353 g/mol. The number of carbonyl (C=O) groups is 1. The van der Waals surface area contributed by atoms with Gasteiger partial charge in [-0.15, -0.1) is 0 Å². The van der Waals surface area contributed by atoms with Crippen molar-refractivity contribution < 1.29 is 19.4 Å². The molecule has 0 bridgehead atoms. The summed E-state index contributed by atoms with van der Waals surface area (Å²) >= 11 is 0. The van der Waals surface area contributed by atoms with E-state index in [0.717, 1.165) is 11.0 Å². The lowest BCUT2D eigenvalue weighted by atomic mass is 10.2. The molecule has 1 amide bonds. The van der Waals surface area contributed by atoms with Gasteiger partial charge in [-0.1, -0.05) is 12.1 Å². The fraction of sp³-hybridized carbons (Fsp3) is 0.263. The smallest absolute Gasteiger partial charge is 0.253 e. The summed E-state index contributed by atoms with van der Waals surface area (Å²) in [5.41, 5.74) is 2.62. The molecule has 1 aliphatic heterocycles. The van der Waals surface area contributed by atoms with Crippen molar-refractivity contribution in [3.05, 3.63) is 48.0 Å². The Morgan fingerprint density at radius 3 is 2.81 bits per heavy atom. The number of likely N-dealkylation sites (N-methyl/N-ethyl adjacent to an activating group) is 1. The van der Waals surface area contributed by atoms with E-state index in [0.29, 0.717) is 36.7 Å². The molecule has 0 spiro atoms. The number of hydrogen-bond donors (Lipinski definition) is 2. The molecule has 0 radical (unpaired) electrons. The van der Waals surface area contributed by atoms with Gasteiger partial charge in [-0.05, 0) is 30.3 Å². The topological polar surface area (TPSA) is 87.7 Å². The normalized spacial score (nSPS) is 14.8. The zero-order valence-electron chi connectivity index (χ0n) is 14.3. The molecule has 1 fully saturated rings. The number of aromatic hydroxyl groups is 1. The summed E-state index contributed by atoms with van der Waals surface area (Å²) in [6.07, 6.45) is -0.368. The molecule has 2 N–H and O–H groups in total. The van der Waals surface area contributed by atoms with Crippen molar-refractivity contribution in [3.8, 4) is 17.1 Å². The summed E-state index contributed by atoms with van der Waals surface area (Å²) in [7, 11) is 1.72. The zero-order valence-corrected chi connectivity index (χ0v) is 14.3. The Hall–Kier alpha value is -2.90. The van der Waals surface area contributed by atoms with Crippen molar-refractivity contribution >= 4 is 16.9 Å². The van der Waals surface area contributed by atoms with Crippen LogP contribution in [0.1, 0.15) is 10.4 Å². The SMILES string of the molecule is CN(CC1OCCO1)C(=O)c1ccc2nc(-c3ccccc3O)[nH]c2c1. The molecule has 134 valence electrons. The van der Waals surface area contributed by atoms with Gasteiger partial charge in [-0.25, -0.2) is 4.98 Å². The van der Waals surface area contributed by atoms with E-state index in [1.54, 1.807) is 48.3 Å². The van der Waals surface area contributed by atoms with Gasteiger partial charge in [0.25, 0.3) is 5.91 Å². The van der Waals surface area contributed by atoms with E-state index in [1.807, 2.05) is 6.07 Å². The quantitative estimate of drug-likeness (QED) is 0.752. The summed E-state index contributed by atoms with van der Waals surface area (Å²) < 4.78 is 10.8. The van der Waals surface area contributed by atoms with Crippen molar-refractivity contribution in [2.45, 2.75) is 6.29 Å². The molecule has 1 saturated heterocycles. The summed E-state index contributed by atoms with van der Waals surface area (Å²) in [5, 5.41) is 10.00. The van der Waals surface area contributed by atoms with Gasteiger partial charge in [0.2, 0.25) is 0 Å². The van der Waals surface area contributed by atoms with Crippen LogP contribution in [0, 0.1) is 0 Å². The van der Waals surface area contributed by atoms with Crippen LogP contribution in [0.15, 0.2) is 42.5 Å². The summed E-state index contributed by atoms with van der Waals surface area (Å²) in [6, 6.07) is 12.3. The number of para-hydroxylation sites is 1. The third-order valence-corrected chi connectivity index (χ3v) is 4.35. The fourth-order valence-electron chi connectivity index (χ4n) is 2.98. The van der Waals surface area contributed by atoms with Gasteiger partial charge in [0, 0.05) is 12.6 Å². The highest BCUT2D eigenvalue weighted by molar-refractivity contribution is 5.97. The molecule has 2 aromatic carbocycles. The number of imidazole rings is 1. The number of carbonyl (C=O) groups excluding carboxylic acids is 1. The number of benzene rings is 2. The van der Waals surface area contributed by atoms with E-state index in [-0.39, 0.29) is 17.9 Å². The van der Waals surface area contributed by atoms with E-state index >= 15 is 0 Å². The Morgan fingerprint density at radius 2 is 2.04 bits per heavy atom. The molecule has 1 aromatic heterocycles. The number of nitrogens with zero attached hydrogens (tertiary/aromatic N) is 2. The van der Waals surface area contributed by atoms with Gasteiger partial charge >= 0.3 is 0 Å². The van der Waals surface area contributed by atoms with Crippen LogP contribution >= 0.6 is 0 Å². The highest BCUT2D eigenvalue weighted by Crippen LogP contribution is 2.28. The molecular formula is C19H19N3O4. The van der Waals surface area contributed by atoms with E-state index < -0.39 is 0 Å². The van der Waals surface area contributed by atoms with Crippen LogP contribution in [0.4, 0.5) is 0 Å². The van der Waals surface area contributed by atoms with Gasteiger partial charge in [-0.2, -0.15) is 0 Å². The lowest BCUT2D eigenvalue weighted by molar-refractivity contribution is -0.0543. The van der Waals surface area contributed by atoms with Crippen LogP contribution in [0.3, 0.4) is 0 Å². The second-order valence-electron chi connectivity index (χ2n) is 6.19. The largest absolute Gasteiger partial charge is 0.507 e. The fourth-order valence-corrected chi connectivity index (χ4v) is 2.98. The number of rotatable bonds is 4. The van der Waals surface area contributed by atoms with Gasteiger partial charge in [0.1, 0.15) is 11.6 Å². The predicted molar refractivity (Wildman–Crippen MR) is 95.8 cm³/mol. The predicted octanol–water partition coefficient (Wildman–Crippen LogP) is 2.38. The van der Waals surface area contributed by atoms with E-state index in [1.165, 1.54) is 0 Å². The van der Waals surface area contributed by atoms with Crippen LogP contribution in [0.5, 0.6) is 5.75 Å². The molecule has 0 atom stereocenters. The van der Waals surface area contributed by atoms with Crippen LogP contribution in [-0.2, 0) is 9.47 Å². The first-order chi connectivity index (χ1) is 12.6. The first-order valence-corrected chi connectivity index (χ1v) is 8.38. The van der Waals surface area contributed by atoms with Crippen molar-refractivity contribution in [1.29, 1.82) is 0 Å². The molecular weight excluding hydrogens is 334 g/mol. The van der Waals surface area contributed by atoms with Gasteiger partial charge in [0.15, 0.2) is 6.29 Å². The third kappa shape index (κ3) is 3.14. The maximum absolute atomic E-state index is 12.6. The lowest BCUT2D eigenvalue weighted by Gasteiger charge is -2.20. The van der Waals surface area contributed by atoms with Gasteiger partial charge in [0.05, 0.1) is 36.4 Å². The average molecular weight is 353 g/mol. The van der Waals surface area contributed by atoms with Crippen molar-refractivity contribution in [3.63, 3.8) is 0 Å². The molecule has 3 aromatic rings. The second-order valence-corrected chi connectivity index (χ2v) is 6.19. The first kappa shape index (κ1) is 16.6. The number of phenolic OH excluding ortho intramolecular Hbond substituents is 1. The maximum atomic E-state index is 12.6. The van der Waals surface area contributed by atoms with Gasteiger partial charge < -0.3 is 24.5 Å². The van der Waals surface area contributed by atoms with Gasteiger partial charge in [-0.3, -0.25) is 4.79 Å². The number of amides is 1. The van der Waals surface area contributed by atoms with Crippen LogP contribution < -0.4 is 0 Å². The second kappa shape index (κ2) is 6.78. The summed E-state index contributed by atoms with van der Waals surface area (Å²) in [4.78, 5) is 21.9. The minimum Gasteiger partial charge on any atom is -0.507 e. The maximum Gasteiger partial charge on any atom is 0.253 e. The molecule has 7 nitrogen and oxygen atoms in total. The number of hydrogen-bond acceptors (Lipinski definition) is 5. The highest BCUT2D eigenvalue weighted by Gasteiger charge is 2.22. The minimum atomic E-state index is -0.368. The van der Waals surface area contributed by atoms with Crippen molar-refractivity contribution in [1.82, 2.24) is 14.9 Å². The first-order valence-electron chi connectivity index (χ1n) is 8.38. The molecule has 2 heterocycles. The van der Waals surface area contributed by atoms with E-state index in [2.05, 4.69) is 9.97 Å². The van der Waals surface area contributed by atoms with Crippen LogP contribution in [-0.4, -0.2) is 59.0 Å². The molecule has 0 aliphatic carbocycles. The summed E-state index contributed by atoms with van der Waals surface area (Å²) in [5.74, 6) is 0.590. The molecule has 0 unspecified atom stereocenters. The lowest BCUT2D eigenvalue weighted by Crippen LogP contribution is -2.34. The van der Waals surface area contributed by atoms with Crippen molar-refractivity contribution in [2.75, 3.05) is 26.8 Å². The van der Waals surface area contributed by atoms with Crippen LogP contribution in [0.25, 0.3) is 22.4 Å². The Balaban J connectivity index is 1.59. The number of fused-ring (bicyclic) bond motifs is 1. The van der Waals surface area contributed by atoms with Crippen molar-refractivity contribution in [2.24, 2.45) is 0 Å². The van der Waals surface area contributed by atoms with E-state index in [9.17, 15) is 9.90 Å².